The molecule has 0 amide bonds. The molecule has 0 aliphatic carbocycles. The second-order valence-corrected chi connectivity index (χ2v) is 6.02. The molecule has 0 spiro atoms. The van der Waals surface area contributed by atoms with Crippen molar-refractivity contribution in [2.45, 2.75) is 32.3 Å². The van der Waals surface area contributed by atoms with Crippen LogP contribution in [-0.4, -0.2) is 31.0 Å². The Bertz CT molecular complexity index is 596. The summed E-state index contributed by atoms with van der Waals surface area (Å²) in [7, 11) is 1.64. The maximum atomic E-state index is 9.86. The van der Waals surface area contributed by atoms with E-state index in [0.717, 1.165) is 16.9 Å². The predicted octanol–water partition coefficient (Wildman–Crippen LogP) is 3.83. The van der Waals surface area contributed by atoms with Gasteiger partial charge in [-0.15, -0.1) is 0 Å². The number of halogens is 1. The van der Waals surface area contributed by atoms with Gasteiger partial charge >= 0.3 is 0 Å². The van der Waals surface area contributed by atoms with E-state index >= 15 is 0 Å². The van der Waals surface area contributed by atoms with Crippen molar-refractivity contribution in [3.05, 3.63) is 64.7 Å². The Balaban J connectivity index is 1.78. The van der Waals surface area contributed by atoms with Gasteiger partial charge in [0.05, 0.1) is 33.0 Å². The van der Waals surface area contributed by atoms with Crippen molar-refractivity contribution in [1.29, 1.82) is 0 Å². The van der Waals surface area contributed by atoms with Crippen LogP contribution in [0.1, 0.15) is 18.1 Å². The fraction of sp³-hybridized carbons (Fsp3) is 0.368. The molecule has 2 rings (SSSR count). The van der Waals surface area contributed by atoms with Gasteiger partial charge in [0, 0.05) is 5.02 Å². The van der Waals surface area contributed by atoms with Crippen molar-refractivity contribution in [2.75, 3.05) is 13.7 Å². The maximum Gasteiger partial charge on any atom is 0.118 e. The highest BCUT2D eigenvalue weighted by Gasteiger charge is 2.16. The first-order valence-corrected chi connectivity index (χ1v) is 8.21. The van der Waals surface area contributed by atoms with Gasteiger partial charge in [-0.25, -0.2) is 0 Å². The van der Waals surface area contributed by atoms with Crippen LogP contribution in [0.2, 0.25) is 5.02 Å². The maximum absolute atomic E-state index is 9.86. The van der Waals surface area contributed by atoms with E-state index in [-0.39, 0.29) is 6.10 Å². The van der Waals surface area contributed by atoms with Gasteiger partial charge in [0.15, 0.2) is 0 Å². The number of hydrogen-bond acceptors (Lipinski definition) is 4. The minimum atomic E-state index is -0.617. The normalized spacial score (nSPS) is 13.5. The first kappa shape index (κ1) is 18.7. The first-order chi connectivity index (χ1) is 11.6. The highest BCUT2D eigenvalue weighted by molar-refractivity contribution is 6.30. The Kier molecular flexibility index (Phi) is 7.53. The van der Waals surface area contributed by atoms with Crippen molar-refractivity contribution < 1.29 is 19.3 Å². The molecule has 0 saturated heterocycles. The largest absolute Gasteiger partial charge is 0.497 e. The molecule has 1 N–H and O–H groups in total. The van der Waals surface area contributed by atoms with Gasteiger partial charge in [0.25, 0.3) is 0 Å². The molecule has 0 heterocycles. The molecule has 24 heavy (non-hydrogen) atoms. The average molecular weight is 351 g/mol. The summed E-state index contributed by atoms with van der Waals surface area (Å²) in [5.74, 6) is 0.812. The topological polar surface area (TPSA) is 47.9 Å². The van der Waals surface area contributed by atoms with E-state index in [4.69, 9.17) is 25.8 Å². The number of benzene rings is 2. The lowest BCUT2D eigenvalue weighted by molar-refractivity contribution is -0.0833. The summed E-state index contributed by atoms with van der Waals surface area (Å²) in [6.45, 7) is 2.87. The summed E-state index contributed by atoms with van der Waals surface area (Å²) in [5.41, 5.74) is 2.04. The van der Waals surface area contributed by atoms with Gasteiger partial charge in [0.2, 0.25) is 0 Å². The highest BCUT2D eigenvalue weighted by Crippen LogP contribution is 2.14. The third kappa shape index (κ3) is 6.13. The quantitative estimate of drug-likeness (QED) is 0.746. The SMILES string of the molecule is COc1ccc(COC[C@H](OCc2ccc(Cl)cc2)[C@@H](C)O)cc1. The molecule has 0 aliphatic heterocycles. The van der Waals surface area contributed by atoms with Crippen molar-refractivity contribution in [1.82, 2.24) is 0 Å². The molecule has 130 valence electrons. The second-order valence-electron chi connectivity index (χ2n) is 5.58. The molecular formula is C19H23ClO4. The highest BCUT2D eigenvalue weighted by atomic mass is 35.5. The van der Waals surface area contributed by atoms with E-state index < -0.39 is 6.10 Å². The third-order valence-corrected chi connectivity index (χ3v) is 3.88. The Morgan fingerprint density at radius 3 is 2.12 bits per heavy atom. The molecule has 2 aromatic rings. The van der Waals surface area contributed by atoms with Gasteiger partial charge in [-0.3, -0.25) is 0 Å². The molecule has 2 aromatic carbocycles. The van der Waals surface area contributed by atoms with E-state index in [2.05, 4.69) is 0 Å². The second kappa shape index (κ2) is 9.64. The Morgan fingerprint density at radius 2 is 1.54 bits per heavy atom. The average Bonchev–Trinajstić information content (AvgIpc) is 2.59. The summed E-state index contributed by atoms with van der Waals surface area (Å²) in [5, 5.41) is 10.5. The van der Waals surface area contributed by atoms with Gasteiger partial charge in [-0.1, -0.05) is 35.9 Å². The fourth-order valence-corrected chi connectivity index (χ4v) is 2.25. The molecule has 5 heteroatoms. The molecule has 0 radical (unpaired) electrons. The molecule has 2 atom stereocenters. The first-order valence-electron chi connectivity index (χ1n) is 7.83. The van der Waals surface area contributed by atoms with Gasteiger partial charge in [0.1, 0.15) is 11.9 Å². The summed E-state index contributed by atoms with van der Waals surface area (Å²) in [6, 6.07) is 15.1. The van der Waals surface area contributed by atoms with E-state index in [1.807, 2.05) is 48.5 Å². The number of methoxy groups -OCH3 is 1. The zero-order valence-corrected chi connectivity index (χ0v) is 14.7. The fourth-order valence-electron chi connectivity index (χ4n) is 2.13. The summed E-state index contributed by atoms with van der Waals surface area (Å²) in [6.07, 6.45) is -1.01. The molecule has 0 fully saturated rings. The molecule has 0 saturated carbocycles. The zero-order chi connectivity index (χ0) is 17.4. The van der Waals surface area contributed by atoms with Crippen molar-refractivity contribution in [2.24, 2.45) is 0 Å². The summed E-state index contributed by atoms with van der Waals surface area (Å²) < 4.78 is 16.6. The molecule has 0 unspecified atom stereocenters. The van der Waals surface area contributed by atoms with E-state index in [0.29, 0.717) is 24.8 Å². The molecule has 0 bridgehead atoms. The molecular weight excluding hydrogens is 328 g/mol. The van der Waals surface area contributed by atoms with Crippen LogP contribution < -0.4 is 4.74 Å². The van der Waals surface area contributed by atoms with Crippen LogP contribution >= 0.6 is 11.6 Å². The van der Waals surface area contributed by atoms with Crippen LogP contribution in [0.15, 0.2) is 48.5 Å². The van der Waals surface area contributed by atoms with Gasteiger partial charge in [-0.05, 0) is 42.3 Å². The van der Waals surface area contributed by atoms with Crippen molar-refractivity contribution >= 4 is 11.6 Å². The van der Waals surface area contributed by atoms with Crippen LogP contribution in [0.3, 0.4) is 0 Å². The van der Waals surface area contributed by atoms with Gasteiger partial charge in [-0.2, -0.15) is 0 Å². The smallest absolute Gasteiger partial charge is 0.118 e. The Morgan fingerprint density at radius 1 is 0.958 bits per heavy atom. The van der Waals surface area contributed by atoms with E-state index in [1.54, 1.807) is 14.0 Å². The lowest BCUT2D eigenvalue weighted by Gasteiger charge is -2.21. The van der Waals surface area contributed by atoms with Gasteiger partial charge < -0.3 is 19.3 Å². The van der Waals surface area contributed by atoms with Crippen LogP contribution in [0.5, 0.6) is 5.75 Å². The molecule has 0 aromatic heterocycles. The Hall–Kier alpha value is -1.59. The predicted molar refractivity (Wildman–Crippen MR) is 94.4 cm³/mol. The number of hydrogen-bond donors (Lipinski definition) is 1. The van der Waals surface area contributed by atoms with Crippen LogP contribution in [0.4, 0.5) is 0 Å². The summed E-state index contributed by atoms with van der Waals surface area (Å²) >= 11 is 5.86. The van der Waals surface area contributed by atoms with Crippen LogP contribution in [-0.2, 0) is 22.7 Å². The minimum absolute atomic E-state index is 0.317. The van der Waals surface area contributed by atoms with E-state index in [9.17, 15) is 5.11 Å². The van der Waals surface area contributed by atoms with Crippen LogP contribution in [0.25, 0.3) is 0 Å². The van der Waals surface area contributed by atoms with Crippen LogP contribution in [0, 0.1) is 0 Å². The number of aliphatic hydroxyl groups is 1. The lowest BCUT2D eigenvalue weighted by Crippen LogP contribution is -2.31. The zero-order valence-electron chi connectivity index (χ0n) is 13.9. The van der Waals surface area contributed by atoms with Crippen molar-refractivity contribution in [3.8, 4) is 5.75 Å². The Labute approximate surface area is 147 Å². The summed E-state index contributed by atoms with van der Waals surface area (Å²) in [4.78, 5) is 0. The number of rotatable bonds is 9. The van der Waals surface area contributed by atoms with Crippen molar-refractivity contribution in [3.63, 3.8) is 0 Å². The molecule has 4 nitrogen and oxygen atoms in total. The lowest BCUT2D eigenvalue weighted by atomic mass is 10.2. The third-order valence-electron chi connectivity index (χ3n) is 3.63. The molecule has 0 aliphatic rings. The number of ether oxygens (including phenoxy) is 3. The van der Waals surface area contributed by atoms with E-state index in [1.165, 1.54) is 0 Å². The monoisotopic (exact) mass is 350 g/mol. The standard InChI is InChI=1S/C19H23ClO4/c1-14(21)19(24-12-16-3-7-17(20)8-4-16)13-23-11-15-5-9-18(22-2)10-6-15/h3-10,14,19,21H,11-13H2,1-2H3/t14-,19+/m1/s1. The number of aliphatic hydroxyl groups excluding tert-OH is 1. The minimum Gasteiger partial charge on any atom is -0.497 e.